The molecule has 0 unspecified atom stereocenters. The fourth-order valence-corrected chi connectivity index (χ4v) is 3.71. The smallest absolute Gasteiger partial charge is 0.274 e. The topological polar surface area (TPSA) is 90.6 Å². The first-order chi connectivity index (χ1) is 14.5. The number of ether oxygens (including phenoxy) is 1. The summed E-state index contributed by atoms with van der Waals surface area (Å²) in [4.78, 5) is 29.4. The van der Waals surface area contributed by atoms with Crippen molar-refractivity contribution >= 4 is 22.2 Å². The third kappa shape index (κ3) is 2.85. The van der Waals surface area contributed by atoms with Crippen LogP contribution in [0.5, 0.6) is 5.75 Å². The zero-order valence-electron chi connectivity index (χ0n) is 16.9. The van der Waals surface area contributed by atoms with Gasteiger partial charge in [0.05, 0.1) is 25.5 Å². The third-order valence-corrected chi connectivity index (χ3v) is 5.32. The van der Waals surface area contributed by atoms with Gasteiger partial charge in [-0.25, -0.2) is 15.0 Å². The van der Waals surface area contributed by atoms with Crippen molar-refractivity contribution in [1.82, 2.24) is 29.1 Å². The number of benzene rings is 1. The van der Waals surface area contributed by atoms with Gasteiger partial charge < -0.3 is 18.9 Å². The molecule has 0 spiro atoms. The first kappa shape index (κ1) is 18.1. The molecule has 0 fully saturated rings. The van der Waals surface area contributed by atoms with Crippen molar-refractivity contribution in [2.24, 2.45) is 7.05 Å². The van der Waals surface area contributed by atoms with E-state index < -0.39 is 0 Å². The quantitative estimate of drug-likeness (QED) is 0.501. The Hall–Kier alpha value is -3.94. The molecule has 0 saturated carbocycles. The molecule has 8 heteroatoms. The van der Waals surface area contributed by atoms with E-state index in [2.05, 4.69) is 15.0 Å². The summed E-state index contributed by atoms with van der Waals surface area (Å²) in [7, 11) is 3.39. The number of hydrogen-bond acceptors (Lipinski definition) is 5. The highest BCUT2D eigenvalue weighted by molar-refractivity contribution is 5.93. The Labute approximate surface area is 171 Å². The highest BCUT2D eigenvalue weighted by Gasteiger charge is 2.15. The largest absolute Gasteiger partial charge is 0.497 e. The summed E-state index contributed by atoms with van der Waals surface area (Å²) in [5.74, 6) is 1.66. The van der Waals surface area contributed by atoms with Crippen molar-refractivity contribution in [2.75, 3.05) is 7.11 Å². The van der Waals surface area contributed by atoms with E-state index in [1.807, 2.05) is 41.8 Å². The molecule has 1 aromatic carbocycles. The van der Waals surface area contributed by atoms with Gasteiger partial charge in [-0.2, -0.15) is 0 Å². The molecule has 150 valence electrons. The van der Waals surface area contributed by atoms with Crippen molar-refractivity contribution in [3.63, 3.8) is 0 Å². The van der Waals surface area contributed by atoms with Gasteiger partial charge in [0.1, 0.15) is 17.1 Å². The van der Waals surface area contributed by atoms with Crippen molar-refractivity contribution < 1.29 is 4.74 Å². The average Bonchev–Trinajstić information content (AvgIpc) is 3.36. The summed E-state index contributed by atoms with van der Waals surface area (Å²) in [6, 6.07) is 9.81. The highest BCUT2D eigenvalue weighted by Crippen LogP contribution is 2.26. The Bertz CT molecular complexity index is 1440. The van der Waals surface area contributed by atoms with Gasteiger partial charge in [0.25, 0.3) is 5.56 Å². The number of fused-ring (bicyclic) bond motifs is 2. The Morgan fingerprint density at radius 2 is 1.93 bits per heavy atom. The highest BCUT2D eigenvalue weighted by atomic mass is 16.5. The van der Waals surface area contributed by atoms with Gasteiger partial charge >= 0.3 is 0 Å². The SMILES string of the molecule is COc1ccc(Cn2c(C)nc3ncc(-c4cn(C)c(=O)c5[nH]ccc45)nc32)cc1. The number of aryl methyl sites for hydroxylation is 2. The number of H-pyrrole nitrogens is 1. The molecule has 8 nitrogen and oxygen atoms in total. The molecule has 0 aliphatic heterocycles. The lowest BCUT2D eigenvalue weighted by Gasteiger charge is -2.09. The number of methoxy groups -OCH3 is 1. The third-order valence-electron chi connectivity index (χ3n) is 5.32. The van der Waals surface area contributed by atoms with Crippen molar-refractivity contribution in [1.29, 1.82) is 0 Å². The predicted octanol–water partition coefficient (Wildman–Crippen LogP) is 3.04. The van der Waals surface area contributed by atoms with Crippen LogP contribution in [0.1, 0.15) is 11.4 Å². The minimum Gasteiger partial charge on any atom is -0.497 e. The van der Waals surface area contributed by atoms with E-state index in [9.17, 15) is 4.79 Å². The monoisotopic (exact) mass is 400 g/mol. The first-order valence-electron chi connectivity index (χ1n) is 9.55. The van der Waals surface area contributed by atoms with E-state index >= 15 is 0 Å². The van der Waals surface area contributed by atoms with Gasteiger partial charge in [0, 0.05) is 30.4 Å². The Balaban J connectivity index is 1.64. The van der Waals surface area contributed by atoms with Crippen LogP contribution in [0.25, 0.3) is 33.5 Å². The summed E-state index contributed by atoms with van der Waals surface area (Å²) in [5.41, 5.74) is 4.43. The summed E-state index contributed by atoms with van der Waals surface area (Å²) >= 11 is 0. The number of nitrogens with zero attached hydrogens (tertiary/aromatic N) is 5. The van der Waals surface area contributed by atoms with E-state index in [0.29, 0.717) is 29.0 Å². The Morgan fingerprint density at radius 1 is 1.13 bits per heavy atom. The standard InChI is InChI=1S/C22H20N6O2/c1-13-25-20-21(28(13)11-14-4-6-15(30-3)7-5-14)26-18(10-24-20)17-12-27(2)22(29)19-16(17)8-9-23-19/h4-10,12,23H,11H2,1-3H3. The number of aromatic amines is 1. The van der Waals surface area contributed by atoms with Crippen LogP contribution in [-0.4, -0.2) is 36.2 Å². The number of hydrogen-bond donors (Lipinski definition) is 1. The van der Waals surface area contributed by atoms with Crippen LogP contribution < -0.4 is 10.3 Å². The molecule has 0 aliphatic rings. The summed E-state index contributed by atoms with van der Waals surface area (Å²) < 4.78 is 8.84. The maximum atomic E-state index is 12.4. The molecule has 5 aromatic rings. The lowest BCUT2D eigenvalue weighted by Crippen LogP contribution is -2.16. The molecule has 0 bridgehead atoms. The van der Waals surface area contributed by atoms with Gasteiger partial charge in [0.2, 0.25) is 0 Å². The fourth-order valence-electron chi connectivity index (χ4n) is 3.71. The average molecular weight is 400 g/mol. The number of nitrogens with one attached hydrogen (secondary N) is 1. The van der Waals surface area contributed by atoms with Gasteiger partial charge in [-0.15, -0.1) is 0 Å². The summed E-state index contributed by atoms with van der Waals surface area (Å²) in [6.07, 6.45) is 5.27. The Kier molecular flexibility index (Phi) is 4.13. The maximum Gasteiger partial charge on any atom is 0.274 e. The molecule has 0 amide bonds. The minimum absolute atomic E-state index is 0.0758. The number of pyridine rings is 1. The van der Waals surface area contributed by atoms with Crippen LogP contribution in [0.4, 0.5) is 0 Å². The van der Waals surface area contributed by atoms with Crippen molar-refractivity contribution in [3.05, 3.63) is 70.7 Å². The van der Waals surface area contributed by atoms with Crippen LogP contribution in [0.2, 0.25) is 0 Å². The zero-order valence-corrected chi connectivity index (χ0v) is 16.9. The van der Waals surface area contributed by atoms with Crippen LogP contribution in [0.3, 0.4) is 0 Å². The fraction of sp³-hybridized carbons (Fsp3) is 0.182. The molecule has 30 heavy (non-hydrogen) atoms. The van der Waals surface area contributed by atoms with E-state index in [1.54, 1.807) is 37.3 Å². The van der Waals surface area contributed by atoms with E-state index in [0.717, 1.165) is 28.1 Å². The molecule has 5 rings (SSSR count). The van der Waals surface area contributed by atoms with Gasteiger partial charge in [-0.1, -0.05) is 12.1 Å². The number of aromatic nitrogens is 6. The molecule has 1 N–H and O–H groups in total. The summed E-state index contributed by atoms with van der Waals surface area (Å²) in [6.45, 7) is 2.57. The summed E-state index contributed by atoms with van der Waals surface area (Å²) in [5, 5.41) is 0.824. The molecule has 0 saturated heterocycles. The lowest BCUT2D eigenvalue weighted by molar-refractivity contribution is 0.414. The van der Waals surface area contributed by atoms with Gasteiger partial charge in [-0.3, -0.25) is 4.79 Å². The predicted molar refractivity (Wildman–Crippen MR) is 115 cm³/mol. The maximum absolute atomic E-state index is 12.4. The van der Waals surface area contributed by atoms with Crippen LogP contribution in [0, 0.1) is 6.92 Å². The first-order valence-corrected chi connectivity index (χ1v) is 9.55. The van der Waals surface area contributed by atoms with Crippen LogP contribution >= 0.6 is 0 Å². The van der Waals surface area contributed by atoms with E-state index in [4.69, 9.17) is 9.72 Å². The lowest BCUT2D eigenvalue weighted by atomic mass is 10.1. The number of rotatable bonds is 4. The zero-order chi connectivity index (χ0) is 20.8. The molecule has 4 aromatic heterocycles. The van der Waals surface area contributed by atoms with E-state index in [1.165, 1.54) is 0 Å². The molecule has 0 atom stereocenters. The van der Waals surface area contributed by atoms with E-state index in [-0.39, 0.29) is 5.56 Å². The molecule has 4 heterocycles. The van der Waals surface area contributed by atoms with Crippen LogP contribution in [-0.2, 0) is 13.6 Å². The minimum atomic E-state index is -0.0758. The normalized spacial score (nSPS) is 11.4. The second kappa shape index (κ2) is 6.84. The molecular formula is C22H20N6O2. The Morgan fingerprint density at radius 3 is 2.70 bits per heavy atom. The van der Waals surface area contributed by atoms with Gasteiger partial charge in [-0.05, 0) is 30.7 Å². The van der Waals surface area contributed by atoms with Crippen molar-refractivity contribution in [3.8, 4) is 17.0 Å². The molecular weight excluding hydrogens is 380 g/mol. The second-order valence-electron chi connectivity index (χ2n) is 7.22. The molecule has 0 radical (unpaired) electrons. The van der Waals surface area contributed by atoms with Gasteiger partial charge in [0.15, 0.2) is 11.3 Å². The second-order valence-corrected chi connectivity index (χ2v) is 7.22. The van der Waals surface area contributed by atoms with Crippen LogP contribution in [0.15, 0.2) is 53.7 Å². The molecule has 0 aliphatic carbocycles. The van der Waals surface area contributed by atoms with Crippen molar-refractivity contribution in [2.45, 2.75) is 13.5 Å². The number of imidazole rings is 1.